The van der Waals surface area contributed by atoms with Crippen molar-refractivity contribution in [3.63, 3.8) is 0 Å². The summed E-state index contributed by atoms with van der Waals surface area (Å²) < 4.78 is 0. The molecule has 0 fully saturated rings. The smallest absolute Gasteiger partial charge is 0.328 e. The van der Waals surface area contributed by atoms with Crippen molar-refractivity contribution < 1.29 is 9.90 Å². The fourth-order valence-corrected chi connectivity index (χ4v) is 2.48. The summed E-state index contributed by atoms with van der Waals surface area (Å²) in [5.41, 5.74) is 5.22. The van der Waals surface area contributed by atoms with Gasteiger partial charge < -0.3 is 10.0 Å². The molecule has 114 valence electrons. The SMILES string of the molecule is C/C(=C\C(=O)O)c1cccc(-c2ccccc2CN(C)C)c1. The summed E-state index contributed by atoms with van der Waals surface area (Å²) >= 11 is 0. The lowest BCUT2D eigenvalue weighted by molar-refractivity contribution is -0.131. The summed E-state index contributed by atoms with van der Waals surface area (Å²) in [5, 5.41) is 8.89. The van der Waals surface area contributed by atoms with Gasteiger partial charge in [-0.25, -0.2) is 4.79 Å². The van der Waals surface area contributed by atoms with E-state index >= 15 is 0 Å². The molecule has 2 aromatic rings. The third kappa shape index (κ3) is 4.06. The molecular formula is C19H21NO2. The first-order valence-corrected chi connectivity index (χ1v) is 7.22. The zero-order chi connectivity index (χ0) is 16.1. The second-order valence-corrected chi connectivity index (χ2v) is 5.64. The number of nitrogens with zero attached hydrogens (tertiary/aromatic N) is 1. The zero-order valence-electron chi connectivity index (χ0n) is 13.2. The number of aliphatic carboxylic acids is 1. The minimum absolute atomic E-state index is 0.749. The Labute approximate surface area is 131 Å². The molecular weight excluding hydrogens is 274 g/mol. The van der Waals surface area contributed by atoms with Crippen molar-refractivity contribution in [2.75, 3.05) is 14.1 Å². The van der Waals surface area contributed by atoms with E-state index in [0.717, 1.165) is 23.2 Å². The van der Waals surface area contributed by atoms with Crippen molar-refractivity contribution in [1.29, 1.82) is 0 Å². The Hall–Kier alpha value is -2.39. The molecule has 0 radical (unpaired) electrons. The normalized spacial score (nSPS) is 11.7. The highest BCUT2D eigenvalue weighted by Crippen LogP contribution is 2.27. The van der Waals surface area contributed by atoms with Crippen LogP contribution in [0, 0.1) is 0 Å². The predicted octanol–water partition coefficient (Wildman–Crippen LogP) is 3.90. The molecule has 0 saturated carbocycles. The van der Waals surface area contributed by atoms with Gasteiger partial charge in [0, 0.05) is 12.6 Å². The second kappa shape index (κ2) is 7.05. The van der Waals surface area contributed by atoms with E-state index in [4.69, 9.17) is 5.11 Å². The lowest BCUT2D eigenvalue weighted by Gasteiger charge is -2.15. The average molecular weight is 295 g/mol. The standard InChI is InChI=1S/C19H21NO2/c1-14(11-19(21)22)15-8-6-9-16(12-15)18-10-5-4-7-17(18)13-20(2)3/h4-12H,13H2,1-3H3,(H,21,22)/b14-11+. The van der Waals surface area contributed by atoms with Crippen LogP contribution < -0.4 is 0 Å². The number of allylic oxidation sites excluding steroid dienone is 1. The molecule has 0 unspecified atom stereocenters. The van der Waals surface area contributed by atoms with Gasteiger partial charge in [-0.2, -0.15) is 0 Å². The highest BCUT2D eigenvalue weighted by molar-refractivity contribution is 5.90. The Morgan fingerprint density at radius 2 is 1.86 bits per heavy atom. The number of hydrogen-bond acceptors (Lipinski definition) is 2. The molecule has 2 rings (SSSR count). The summed E-state index contributed by atoms with van der Waals surface area (Å²) in [7, 11) is 4.10. The molecule has 0 aromatic heterocycles. The highest BCUT2D eigenvalue weighted by atomic mass is 16.4. The largest absolute Gasteiger partial charge is 0.478 e. The molecule has 3 nitrogen and oxygen atoms in total. The number of benzene rings is 2. The van der Waals surface area contributed by atoms with E-state index in [0.29, 0.717) is 0 Å². The predicted molar refractivity (Wildman–Crippen MR) is 90.6 cm³/mol. The van der Waals surface area contributed by atoms with Crippen LogP contribution in [0.5, 0.6) is 0 Å². The number of hydrogen-bond donors (Lipinski definition) is 1. The molecule has 0 aliphatic carbocycles. The summed E-state index contributed by atoms with van der Waals surface area (Å²) in [6.45, 7) is 2.68. The fraction of sp³-hybridized carbons (Fsp3) is 0.211. The maximum Gasteiger partial charge on any atom is 0.328 e. The lowest BCUT2D eigenvalue weighted by Crippen LogP contribution is -2.11. The molecule has 0 spiro atoms. The van der Waals surface area contributed by atoms with Gasteiger partial charge in [0.15, 0.2) is 0 Å². The van der Waals surface area contributed by atoms with Crippen molar-refractivity contribution in [3.8, 4) is 11.1 Å². The van der Waals surface area contributed by atoms with Crippen LogP contribution in [0.15, 0.2) is 54.6 Å². The Morgan fingerprint density at radius 1 is 1.14 bits per heavy atom. The van der Waals surface area contributed by atoms with Gasteiger partial charge in [0.05, 0.1) is 0 Å². The third-order valence-electron chi connectivity index (χ3n) is 3.47. The Kier molecular flexibility index (Phi) is 5.12. The van der Waals surface area contributed by atoms with Crippen LogP contribution in [0.25, 0.3) is 16.7 Å². The van der Waals surface area contributed by atoms with E-state index in [1.165, 1.54) is 17.2 Å². The Bertz CT molecular complexity index is 702. The molecule has 0 aliphatic heterocycles. The van der Waals surface area contributed by atoms with Gasteiger partial charge in [0.25, 0.3) is 0 Å². The van der Waals surface area contributed by atoms with Gasteiger partial charge in [-0.05, 0) is 54.9 Å². The van der Waals surface area contributed by atoms with Crippen LogP contribution in [0.2, 0.25) is 0 Å². The van der Waals surface area contributed by atoms with Gasteiger partial charge in [0.2, 0.25) is 0 Å². The van der Waals surface area contributed by atoms with Crippen molar-refractivity contribution in [2.45, 2.75) is 13.5 Å². The van der Waals surface area contributed by atoms with Gasteiger partial charge >= 0.3 is 5.97 Å². The molecule has 0 bridgehead atoms. The molecule has 0 heterocycles. The van der Waals surface area contributed by atoms with E-state index < -0.39 is 5.97 Å². The van der Waals surface area contributed by atoms with Gasteiger partial charge in [-0.3, -0.25) is 0 Å². The van der Waals surface area contributed by atoms with Crippen molar-refractivity contribution in [2.24, 2.45) is 0 Å². The van der Waals surface area contributed by atoms with Crippen LogP contribution in [-0.4, -0.2) is 30.1 Å². The Morgan fingerprint density at radius 3 is 2.55 bits per heavy atom. The summed E-state index contributed by atoms with van der Waals surface area (Å²) in [5.74, 6) is -0.920. The van der Waals surface area contributed by atoms with E-state index in [1.807, 2.05) is 51.4 Å². The molecule has 2 aromatic carbocycles. The van der Waals surface area contributed by atoms with Crippen LogP contribution >= 0.6 is 0 Å². The molecule has 0 amide bonds. The topological polar surface area (TPSA) is 40.5 Å². The number of carboxylic acid groups (broad SMARTS) is 1. The Balaban J connectivity index is 2.44. The molecule has 22 heavy (non-hydrogen) atoms. The van der Waals surface area contributed by atoms with Crippen molar-refractivity contribution >= 4 is 11.5 Å². The van der Waals surface area contributed by atoms with Crippen LogP contribution in [0.3, 0.4) is 0 Å². The molecule has 0 saturated heterocycles. The molecule has 1 N–H and O–H groups in total. The summed E-state index contributed by atoms with van der Waals surface area (Å²) in [6.07, 6.45) is 1.24. The number of carbonyl (C=O) groups is 1. The quantitative estimate of drug-likeness (QED) is 0.850. The number of rotatable bonds is 5. The van der Waals surface area contributed by atoms with Gasteiger partial charge in [-0.15, -0.1) is 0 Å². The number of carboxylic acids is 1. The maximum atomic E-state index is 10.8. The monoisotopic (exact) mass is 295 g/mol. The van der Waals surface area contributed by atoms with Crippen LogP contribution in [0.1, 0.15) is 18.1 Å². The summed E-state index contributed by atoms with van der Waals surface area (Å²) in [6, 6.07) is 16.3. The second-order valence-electron chi connectivity index (χ2n) is 5.64. The average Bonchev–Trinajstić information content (AvgIpc) is 2.46. The first-order valence-electron chi connectivity index (χ1n) is 7.22. The first kappa shape index (κ1) is 16.0. The highest BCUT2D eigenvalue weighted by Gasteiger charge is 2.07. The molecule has 0 aliphatic rings. The van der Waals surface area contributed by atoms with Crippen LogP contribution in [0.4, 0.5) is 0 Å². The lowest BCUT2D eigenvalue weighted by atomic mass is 9.96. The molecule has 0 atom stereocenters. The minimum Gasteiger partial charge on any atom is -0.478 e. The summed E-state index contributed by atoms with van der Waals surface area (Å²) in [4.78, 5) is 13.0. The van der Waals surface area contributed by atoms with Crippen LogP contribution in [-0.2, 0) is 11.3 Å². The molecule has 3 heteroatoms. The van der Waals surface area contributed by atoms with Gasteiger partial charge in [0.1, 0.15) is 0 Å². The van der Waals surface area contributed by atoms with E-state index in [2.05, 4.69) is 23.1 Å². The van der Waals surface area contributed by atoms with Crippen molar-refractivity contribution in [1.82, 2.24) is 4.90 Å². The zero-order valence-corrected chi connectivity index (χ0v) is 13.2. The van der Waals surface area contributed by atoms with E-state index in [9.17, 15) is 4.79 Å². The van der Waals surface area contributed by atoms with E-state index in [1.54, 1.807) is 0 Å². The van der Waals surface area contributed by atoms with Crippen molar-refractivity contribution in [3.05, 3.63) is 65.7 Å². The third-order valence-corrected chi connectivity index (χ3v) is 3.47. The fourth-order valence-electron chi connectivity index (χ4n) is 2.48. The van der Waals surface area contributed by atoms with Gasteiger partial charge in [-0.1, -0.05) is 42.5 Å². The minimum atomic E-state index is -0.920. The first-order chi connectivity index (χ1) is 10.5. The van der Waals surface area contributed by atoms with E-state index in [-0.39, 0.29) is 0 Å². The maximum absolute atomic E-state index is 10.8.